The number of fused-ring (bicyclic) bond motifs is 1. The van der Waals surface area contributed by atoms with Crippen molar-refractivity contribution >= 4 is 11.6 Å². The van der Waals surface area contributed by atoms with Gasteiger partial charge in [-0.25, -0.2) is 0 Å². The van der Waals surface area contributed by atoms with Crippen LogP contribution in [-0.2, 0) is 4.79 Å². The molecular formula is C15H19NO. The summed E-state index contributed by atoms with van der Waals surface area (Å²) in [6, 6.07) is 8.22. The molecule has 0 bridgehead atoms. The zero-order valence-electron chi connectivity index (χ0n) is 10.5. The predicted molar refractivity (Wildman–Crippen MR) is 71.2 cm³/mol. The Bertz CT molecular complexity index is 436. The van der Waals surface area contributed by atoms with Crippen molar-refractivity contribution in [1.82, 2.24) is 0 Å². The summed E-state index contributed by atoms with van der Waals surface area (Å²) in [5.74, 6) is 1.16. The first-order valence-corrected chi connectivity index (χ1v) is 6.18. The minimum absolute atomic E-state index is 0.000318. The lowest BCUT2D eigenvalue weighted by Crippen LogP contribution is -2.36. The van der Waals surface area contributed by atoms with E-state index in [0.717, 1.165) is 18.7 Å². The molecule has 1 atom stereocenters. The average Bonchev–Trinajstić information content (AvgIpc) is 2.36. The monoisotopic (exact) mass is 229 g/mol. The van der Waals surface area contributed by atoms with Gasteiger partial charge >= 0.3 is 0 Å². The molecule has 1 heterocycles. The standard InChI is InChI=1S/C15H19NO/c1-4-15(17)16-10-9-12(11(2)3)13-7-5-6-8-14(13)16/h4-8,11-12H,1,9-10H2,2-3H3. The lowest BCUT2D eigenvalue weighted by molar-refractivity contribution is -0.114. The van der Waals surface area contributed by atoms with Crippen LogP contribution in [-0.4, -0.2) is 12.5 Å². The van der Waals surface area contributed by atoms with Gasteiger partial charge in [0.2, 0.25) is 5.91 Å². The molecule has 1 unspecified atom stereocenters. The number of hydrogen-bond donors (Lipinski definition) is 0. The molecular weight excluding hydrogens is 210 g/mol. The van der Waals surface area contributed by atoms with E-state index in [1.54, 1.807) is 0 Å². The first-order valence-electron chi connectivity index (χ1n) is 6.18. The SMILES string of the molecule is C=CC(=O)N1CCC(C(C)C)c2ccccc21. The quantitative estimate of drug-likeness (QED) is 0.712. The van der Waals surface area contributed by atoms with Gasteiger partial charge in [0.05, 0.1) is 0 Å². The minimum atomic E-state index is -0.000318. The number of rotatable bonds is 2. The van der Waals surface area contributed by atoms with Crippen LogP contribution < -0.4 is 4.90 Å². The highest BCUT2D eigenvalue weighted by Crippen LogP contribution is 2.39. The predicted octanol–water partition coefficient (Wildman–Crippen LogP) is 3.35. The first-order chi connectivity index (χ1) is 8.15. The summed E-state index contributed by atoms with van der Waals surface area (Å²) in [6.45, 7) is 8.85. The van der Waals surface area contributed by atoms with E-state index in [9.17, 15) is 4.79 Å². The Labute approximate surface area is 103 Å². The van der Waals surface area contributed by atoms with Crippen LogP contribution in [0.2, 0.25) is 0 Å². The third kappa shape index (κ3) is 2.12. The molecule has 0 spiro atoms. The molecule has 0 N–H and O–H groups in total. The molecule has 2 nitrogen and oxygen atoms in total. The largest absolute Gasteiger partial charge is 0.309 e. The van der Waals surface area contributed by atoms with Crippen LogP contribution in [0.1, 0.15) is 31.7 Å². The van der Waals surface area contributed by atoms with E-state index in [4.69, 9.17) is 0 Å². The number of carbonyl (C=O) groups excluding carboxylic acids is 1. The van der Waals surface area contributed by atoms with Crippen molar-refractivity contribution in [3.05, 3.63) is 42.5 Å². The second kappa shape index (κ2) is 4.74. The van der Waals surface area contributed by atoms with Crippen LogP contribution in [0.25, 0.3) is 0 Å². The van der Waals surface area contributed by atoms with E-state index in [2.05, 4.69) is 32.6 Å². The van der Waals surface area contributed by atoms with Gasteiger partial charge in [-0.3, -0.25) is 4.79 Å². The van der Waals surface area contributed by atoms with Gasteiger partial charge < -0.3 is 4.90 Å². The first kappa shape index (κ1) is 11.9. The van der Waals surface area contributed by atoms with Crippen molar-refractivity contribution in [3.8, 4) is 0 Å². The van der Waals surface area contributed by atoms with Crippen molar-refractivity contribution < 1.29 is 4.79 Å². The maximum Gasteiger partial charge on any atom is 0.250 e. The van der Waals surface area contributed by atoms with Gasteiger partial charge in [0.1, 0.15) is 0 Å². The Hall–Kier alpha value is -1.57. The molecule has 90 valence electrons. The number of amides is 1. The third-order valence-corrected chi connectivity index (χ3v) is 3.54. The van der Waals surface area contributed by atoms with E-state index < -0.39 is 0 Å². The van der Waals surface area contributed by atoms with E-state index >= 15 is 0 Å². The van der Waals surface area contributed by atoms with E-state index in [1.807, 2.05) is 17.0 Å². The number of anilines is 1. The van der Waals surface area contributed by atoms with Crippen molar-refractivity contribution in [3.63, 3.8) is 0 Å². The van der Waals surface area contributed by atoms with E-state index in [1.165, 1.54) is 11.6 Å². The van der Waals surface area contributed by atoms with Crippen LogP contribution in [0.15, 0.2) is 36.9 Å². The number of hydrogen-bond acceptors (Lipinski definition) is 1. The fourth-order valence-corrected chi connectivity index (χ4v) is 2.62. The molecule has 1 aromatic carbocycles. The van der Waals surface area contributed by atoms with Crippen LogP contribution in [0.3, 0.4) is 0 Å². The normalized spacial score (nSPS) is 19.0. The molecule has 0 saturated heterocycles. The van der Waals surface area contributed by atoms with Gasteiger partial charge in [0.25, 0.3) is 0 Å². The highest BCUT2D eigenvalue weighted by atomic mass is 16.2. The molecule has 1 amide bonds. The average molecular weight is 229 g/mol. The maximum atomic E-state index is 11.8. The maximum absolute atomic E-state index is 11.8. The van der Waals surface area contributed by atoms with Gasteiger partial charge in [-0.1, -0.05) is 38.6 Å². The molecule has 1 aliphatic rings. The smallest absolute Gasteiger partial charge is 0.250 e. The zero-order chi connectivity index (χ0) is 12.4. The molecule has 0 fully saturated rings. The highest BCUT2D eigenvalue weighted by molar-refractivity contribution is 6.02. The van der Waals surface area contributed by atoms with Crippen molar-refractivity contribution in [2.75, 3.05) is 11.4 Å². The summed E-state index contributed by atoms with van der Waals surface area (Å²) in [6.07, 6.45) is 2.43. The Kier molecular flexibility index (Phi) is 3.32. The molecule has 0 saturated carbocycles. The summed E-state index contributed by atoms with van der Waals surface area (Å²) < 4.78 is 0. The van der Waals surface area contributed by atoms with Crippen LogP contribution >= 0.6 is 0 Å². The summed E-state index contributed by atoms with van der Waals surface area (Å²) in [7, 11) is 0. The van der Waals surface area contributed by atoms with Crippen LogP contribution in [0.5, 0.6) is 0 Å². The number of para-hydroxylation sites is 1. The van der Waals surface area contributed by atoms with Gasteiger partial charge in [-0.05, 0) is 36.0 Å². The Balaban J connectivity index is 2.43. The fraction of sp³-hybridized carbons (Fsp3) is 0.400. The van der Waals surface area contributed by atoms with Gasteiger partial charge in [-0.15, -0.1) is 0 Å². The molecule has 2 rings (SSSR count). The molecule has 0 radical (unpaired) electrons. The van der Waals surface area contributed by atoms with Gasteiger partial charge in [0, 0.05) is 12.2 Å². The second-order valence-corrected chi connectivity index (χ2v) is 4.89. The molecule has 1 aromatic rings. The summed E-state index contributed by atoms with van der Waals surface area (Å²) in [5, 5.41) is 0. The molecule has 2 heteroatoms. The highest BCUT2D eigenvalue weighted by Gasteiger charge is 2.28. The minimum Gasteiger partial charge on any atom is -0.309 e. The van der Waals surface area contributed by atoms with Crippen molar-refractivity contribution in [1.29, 1.82) is 0 Å². The molecule has 1 aliphatic heterocycles. The zero-order valence-corrected chi connectivity index (χ0v) is 10.5. The Morgan fingerprint density at radius 3 is 2.82 bits per heavy atom. The van der Waals surface area contributed by atoms with Crippen molar-refractivity contribution in [2.24, 2.45) is 5.92 Å². The van der Waals surface area contributed by atoms with Crippen molar-refractivity contribution in [2.45, 2.75) is 26.2 Å². The molecule has 0 aromatic heterocycles. The lowest BCUT2D eigenvalue weighted by atomic mass is 9.82. The third-order valence-electron chi connectivity index (χ3n) is 3.54. The summed E-state index contributed by atoms with van der Waals surface area (Å²) in [4.78, 5) is 13.6. The van der Waals surface area contributed by atoms with E-state index in [0.29, 0.717) is 11.8 Å². The number of nitrogens with zero attached hydrogens (tertiary/aromatic N) is 1. The number of benzene rings is 1. The number of carbonyl (C=O) groups is 1. The topological polar surface area (TPSA) is 20.3 Å². The van der Waals surface area contributed by atoms with Crippen LogP contribution in [0, 0.1) is 5.92 Å². The van der Waals surface area contributed by atoms with E-state index in [-0.39, 0.29) is 5.91 Å². The lowest BCUT2D eigenvalue weighted by Gasteiger charge is -2.35. The summed E-state index contributed by atoms with van der Waals surface area (Å²) >= 11 is 0. The molecule has 0 aliphatic carbocycles. The van der Waals surface area contributed by atoms with Gasteiger partial charge in [-0.2, -0.15) is 0 Å². The van der Waals surface area contributed by atoms with Crippen LogP contribution in [0.4, 0.5) is 5.69 Å². The summed E-state index contributed by atoms with van der Waals surface area (Å²) in [5.41, 5.74) is 2.35. The van der Waals surface area contributed by atoms with Gasteiger partial charge in [0.15, 0.2) is 0 Å². The molecule has 17 heavy (non-hydrogen) atoms. The Morgan fingerprint density at radius 1 is 1.47 bits per heavy atom. The second-order valence-electron chi connectivity index (χ2n) is 4.89. The fourth-order valence-electron chi connectivity index (χ4n) is 2.62. The Morgan fingerprint density at radius 2 is 2.18 bits per heavy atom.